The Morgan fingerprint density at radius 2 is 2.27 bits per heavy atom. The molecule has 0 unspecified atom stereocenters. The molecule has 0 aliphatic heterocycles. The number of halogens is 1. The van der Waals surface area contributed by atoms with Gasteiger partial charge in [0, 0.05) is 10.7 Å². The maximum Gasteiger partial charge on any atom is 0.165 e. The lowest BCUT2D eigenvalue weighted by molar-refractivity contribution is -0.104. The van der Waals surface area contributed by atoms with Crippen molar-refractivity contribution in [3.05, 3.63) is 40.6 Å². The standard InChI is InChI=1S/C12H14ClNO/c1-3-4-11(8-15)14-12-6-5-10(13)7-9(12)2/h4-8,14H,3H2,1-2H3/b11-4+. The largest absolute Gasteiger partial charge is 0.353 e. The molecule has 3 heteroatoms. The maximum absolute atomic E-state index is 10.7. The number of allylic oxidation sites excluding steroid dienone is 2. The molecule has 0 radical (unpaired) electrons. The zero-order valence-electron chi connectivity index (χ0n) is 8.88. The number of carbonyl (C=O) groups excluding carboxylic acids is 1. The number of rotatable bonds is 4. The van der Waals surface area contributed by atoms with Gasteiger partial charge in [0.2, 0.25) is 0 Å². The molecule has 0 heterocycles. The van der Waals surface area contributed by atoms with Crippen LogP contribution in [-0.4, -0.2) is 6.29 Å². The van der Waals surface area contributed by atoms with Crippen LogP contribution in [0.2, 0.25) is 5.02 Å². The van der Waals surface area contributed by atoms with Crippen LogP contribution in [0.4, 0.5) is 5.69 Å². The van der Waals surface area contributed by atoms with Gasteiger partial charge in [-0.15, -0.1) is 0 Å². The average molecular weight is 224 g/mol. The smallest absolute Gasteiger partial charge is 0.165 e. The molecule has 0 saturated heterocycles. The highest BCUT2D eigenvalue weighted by Crippen LogP contribution is 2.20. The predicted octanol–water partition coefficient (Wildman–Crippen LogP) is 3.55. The van der Waals surface area contributed by atoms with Gasteiger partial charge < -0.3 is 5.32 Å². The summed E-state index contributed by atoms with van der Waals surface area (Å²) in [5, 5.41) is 3.76. The summed E-state index contributed by atoms with van der Waals surface area (Å²) in [5.74, 6) is 0. The van der Waals surface area contributed by atoms with E-state index in [1.807, 2.05) is 32.1 Å². The Hall–Kier alpha value is -1.28. The third-order valence-electron chi connectivity index (χ3n) is 2.02. The van der Waals surface area contributed by atoms with Crippen LogP contribution in [0.1, 0.15) is 18.9 Å². The normalized spacial score (nSPS) is 11.3. The van der Waals surface area contributed by atoms with Gasteiger partial charge in [0.15, 0.2) is 6.29 Å². The monoisotopic (exact) mass is 223 g/mol. The first-order valence-electron chi connectivity index (χ1n) is 4.86. The number of nitrogens with one attached hydrogen (secondary N) is 1. The van der Waals surface area contributed by atoms with Crippen molar-refractivity contribution in [2.45, 2.75) is 20.3 Å². The van der Waals surface area contributed by atoms with Crippen molar-refractivity contribution in [3.8, 4) is 0 Å². The summed E-state index contributed by atoms with van der Waals surface area (Å²) in [6.07, 6.45) is 3.49. The summed E-state index contributed by atoms with van der Waals surface area (Å²) in [4.78, 5) is 10.7. The van der Waals surface area contributed by atoms with E-state index in [-0.39, 0.29) is 0 Å². The molecule has 0 fully saturated rings. The Morgan fingerprint density at radius 1 is 1.53 bits per heavy atom. The lowest BCUT2D eigenvalue weighted by Gasteiger charge is -2.08. The van der Waals surface area contributed by atoms with E-state index in [1.54, 1.807) is 6.07 Å². The molecule has 0 amide bonds. The van der Waals surface area contributed by atoms with E-state index in [0.717, 1.165) is 24.0 Å². The average Bonchev–Trinajstić information content (AvgIpc) is 2.21. The fourth-order valence-corrected chi connectivity index (χ4v) is 1.50. The first kappa shape index (κ1) is 11.8. The first-order valence-corrected chi connectivity index (χ1v) is 5.23. The highest BCUT2D eigenvalue weighted by molar-refractivity contribution is 6.30. The number of aryl methyl sites for hydroxylation is 1. The molecule has 0 saturated carbocycles. The lowest BCUT2D eigenvalue weighted by atomic mass is 10.2. The third kappa shape index (κ3) is 3.40. The van der Waals surface area contributed by atoms with Gasteiger partial charge in [0.1, 0.15) is 0 Å². The van der Waals surface area contributed by atoms with Gasteiger partial charge in [0.25, 0.3) is 0 Å². The highest BCUT2D eigenvalue weighted by atomic mass is 35.5. The second-order valence-electron chi connectivity index (χ2n) is 3.27. The number of benzene rings is 1. The summed E-state index contributed by atoms with van der Waals surface area (Å²) < 4.78 is 0. The number of hydrogen-bond donors (Lipinski definition) is 1. The van der Waals surface area contributed by atoms with E-state index >= 15 is 0 Å². The van der Waals surface area contributed by atoms with E-state index in [0.29, 0.717) is 10.7 Å². The molecule has 80 valence electrons. The Morgan fingerprint density at radius 3 is 2.80 bits per heavy atom. The van der Waals surface area contributed by atoms with Crippen LogP contribution in [0.15, 0.2) is 30.0 Å². The Labute approximate surface area is 94.9 Å². The molecule has 0 aliphatic carbocycles. The molecule has 1 rings (SSSR count). The fraction of sp³-hybridized carbons (Fsp3) is 0.250. The van der Waals surface area contributed by atoms with Crippen molar-refractivity contribution in [2.75, 3.05) is 5.32 Å². The number of aldehydes is 1. The molecule has 1 N–H and O–H groups in total. The zero-order valence-corrected chi connectivity index (χ0v) is 9.64. The van der Waals surface area contributed by atoms with Crippen molar-refractivity contribution >= 4 is 23.6 Å². The van der Waals surface area contributed by atoms with Crippen LogP contribution in [0, 0.1) is 6.92 Å². The van der Waals surface area contributed by atoms with Crippen LogP contribution in [-0.2, 0) is 4.79 Å². The molecule has 0 atom stereocenters. The number of anilines is 1. The molecule has 0 spiro atoms. The SMILES string of the molecule is CC/C=C(\C=O)Nc1ccc(Cl)cc1C. The maximum atomic E-state index is 10.7. The van der Waals surface area contributed by atoms with Crippen LogP contribution < -0.4 is 5.32 Å². The first-order chi connectivity index (χ1) is 7.17. The Kier molecular flexibility index (Phi) is 4.37. The van der Waals surface area contributed by atoms with Gasteiger partial charge in [-0.3, -0.25) is 4.79 Å². The van der Waals surface area contributed by atoms with Gasteiger partial charge in [-0.2, -0.15) is 0 Å². The molecule has 0 aromatic heterocycles. The van der Waals surface area contributed by atoms with Crippen LogP contribution in [0.25, 0.3) is 0 Å². The zero-order chi connectivity index (χ0) is 11.3. The molecular weight excluding hydrogens is 210 g/mol. The summed E-state index contributed by atoms with van der Waals surface area (Å²) in [6.45, 7) is 3.93. The van der Waals surface area contributed by atoms with E-state index in [4.69, 9.17) is 11.6 Å². The third-order valence-corrected chi connectivity index (χ3v) is 2.25. The molecule has 1 aromatic carbocycles. The minimum absolute atomic E-state index is 0.586. The topological polar surface area (TPSA) is 29.1 Å². The summed E-state index contributed by atoms with van der Waals surface area (Å²) in [5.41, 5.74) is 2.51. The van der Waals surface area contributed by atoms with Crippen molar-refractivity contribution in [3.63, 3.8) is 0 Å². The van der Waals surface area contributed by atoms with Crippen LogP contribution in [0.5, 0.6) is 0 Å². The summed E-state index contributed by atoms with van der Waals surface area (Å²) in [6, 6.07) is 5.52. The van der Waals surface area contributed by atoms with Gasteiger partial charge in [0.05, 0.1) is 5.70 Å². The number of hydrogen-bond acceptors (Lipinski definition) is 2. The Bertz CT molecular complexity index is 385. The van der Waals surface area contributed by atoms with Gasteiger partial charge >= 0.3 is 0 Å². The quantitative estimate of drug-likeness (QED) is 0.625. The van der Waals surface area contributed by atoms with Crippen molar-refractivity contribution in [1.82, 2.24) is 0 Å². The fourth-order valence-electron chi connectivity index (χ4n) is 1.27. The molecular formula is C12H14ClNO. The second kappa shape index (κ2) is 5.56. The van der Waals surface area contributed by atoms with Gasteiger partial charge in [-0.05, 0) is 37.1 Å². The van der Waals surface area contributed by atoms with Crippen molar-refractivity contribution < 1.29 is 4.79 Å². The molecule has 0 aliphatic rings. The molecule has 0 bridgehead atoms. The summed E-state index contributed by atoms with van der Waals surface area (Å²) >= 11 is 5.84. The second-order valence-corrected chi connectivity index (χ2v) is 3.71. The molecule has 15 heavy (non-hydrogen) atoms. The van der Waals surface area contributed by atoms with Gasteiger partial charge in [-0.1, -0.05) is 24.6 Å². The lowest BCUT2D eigenvalue weighted by Crippen LogP contribution is -2.02. The number of carbonyl (C=O) groups is 1. The van der Waals surface area contributed by atoms with E-state index in [2.05, 4.69) is 5.32 Å². The predicted molar refractivity (Wildman–Crippen MR) is 64.2 cm³/mol. The van der Waals surface area contributed by atoms with Crippen molar-refractivity contribution in [1.29, 1.82) is 0 Å². The van der Waals surface area contributed by atoms with Crippen LogP contribution in [0.3, 0.4) is 0 Å². The summed E-state index contributed by atoms with van der Waals surface area (Å²) in [7, 11) is 0. The van der Waals surface area contributed by atoms with E-state index in [1.165, 1.54) is 0 Å². The van der Waals surface area contributed by atoms with E-state index < -0.39 is 0 Å². The van der Waals surface area contributed by atoms with Gasteiger partial charge in [-0.25, -0.2) is 0 Å². The van der Waals surface area contributed by atoms with E-state index in [9.17, 15) is 4.79 Å². The van der Waals surface area contributed by atoms with Crippen LogP contribution >= 0.6 is 11.6 Å². The Balaban J connectivity index is 2.88. The molecule has 1 aromatic rings. The molecule has 2 nitrogen and oxygen atoms in total. The minimum atomic E-state index is 0.586. The van der Waals surface area contributed by atoms with Crippen molar-refractivity contribution in [2.24, 2.45) is 0 Å². The minimum Gasteiger partial charge on any atom is -0.353 e. The highest BCUT2D eigenvalue weighted by Gasteiger charge is 2.00.